The molecule has 1 aromatic heterocycles. The molecule has 2 aromatic rings. The first kappa shape index (κ1) is 15.1. The fourth-order valence-electron chi connectivity index (χ4n) is 2.09. The average Bonchev–Trinajstić information content (AvgIpc) is 2.54. The SMILES string of the molecule is COc1cc(CN[C@@H](C)c2ccncc2)cc(OC)c1O. The number of pyridine rings is 1. The van der Waals surface area contributed by atoms with Crippen LogP contribution in [0.15, 0.2) is 36.7 Å². The summed E-state index contributed by atoms with van der Waals surface area (Å²) in [7, 11) is 3.04. The lowest BCUT2D eigenvalue weighted by Crippen LogP contribution is -2.18. The maximum Gasteiger partial charge on any atom is 0.200 e. The molecule has 0 saturated heterocycles. The number of nitrogens with zero attached hydrogens (tertiary/aromatic N) is 1. The van der Waals surface area contributed by atoms with E-state index >= 15 is 0 Å². The van der Waals surface area contributed by atoms with Gasteiger partial charge >= 0.3 is 0 Å². The molecular weight excluding hydrogens is 268 g/mol. The highest BCUT2D eigenvalue weighted by Crippen LogP contribution is 2.37. The molecule has 5 nitrogen and oxygen atoms in total. The van der Waals surface area contributed by atoms with Gasteiger partial charge in [-0.05, 0) is 42.3 Å². The number of aromatic hydroxyl groups is 1. The maximum atomic E-state index is 9.89. The third-order valence-corrected chi connectivity index (χ3v) is 3.36. The highest BCUT2D eigenvalue weighted by molar-refractivity contribution is 5.52. The normalized spacial score (nSPS) is 12.0. The molecule has 1 atom stereocenters. The van der Waals surface area contributed by atoms with E-state index in [1.54, 1.807) is 24.5 Å². The molecule has 112 valence electrons. The molecule has 0 unspecified atom stereocenters. The zero-order valence-corrected chi connectivity index (χ0v) is 12.5. The van der Waals surface area contributed by atoms with E-state index in [1.807, 2.05) is 12.1 Å². The third kappa shape index (κ3) is 3.64. The molecule has 2 rings (SSSR count). The van der Waals surface area contributed by atoms with Gasteiger partial charge in [0.15, 0.2) is 11.5 Å². The lowest BCUT2D eigenvalue weighted by molar-refractivity contribution is 0.339. The van der Waals surface area contributed by atoms with E-state index in [9.17, 15) is 5.11 Å². The van der Waals surface area contributed by atoms with Crippen molar-refractivity contribution in [3.8, 4) is 17.2 Å². The third-order valence-electron chi connectivity index (χ3n) is 3.36. The Morgan fingerprint density at radius 3 is 2.24 bits per heavy atom. The van der Waals surface area contributed by atoms with Crippen LogP contribution < -0.4 is 14.8 Å². The van der Waals surface area contributed by atoms with Gasteiger partial charge in [-0.2, -0.15) is 0 Å². The summed E-state index contributed by atoms with van der Waals surface area (Å²) in [6, 6.07) is 7.75. The molecule has 0 aliphatic rings. The summed E-state index contributed by atoms with van der Waals surface area (Å²) in [5.41, 5.74) is 2.14. The number of phenols is 1. The molecule has 5 heteroatoms. The molecule has 0 fully saturated rings. The van der Waals surface area contributed by atoms with E-state index in [0.717, 1.165) is 5.56 Å². The number of phenolic OH excluding ortho intramolecular Hbond substituents is 1. The van der Waals surface area contributed by atoms with Gasteiger partial charge in [0.25, 0.3) is 0 Å². The molecule has 2 N–H and O–H groups in total. The Balaban J connectivity index is 2.09. The predicted molar refractivity (Wildman–Crippen MR) is 80.7 cm³/mol. The zero-order valence-electron chi connectivity index (χ0n) is 12.5. The summed E-state index contributed by atoms with van der Waals surface area (Å²) in [6.45, 7) is 2.72. The molecule has 0 aliphatic heterocycles. The first-order valence-electron chi connectivity index (χ1n) is 6.73. The van der Waals surface area contributed by atoms with Crippen molar-refractivity contribution in [3.05, 3.63) is 47.8 Å². The van der Waals surface area contributed by atoms with Crippen molar-refractivity contribution in [2.24, 2.45) is 0 Å². The summed E-state index contributed by atoms with van der Waals surface area (Å²) in [5.74, 6) is 0.830. The minimum Gasteiger partial charge on any atom is -0.502 e. The fraction of sp³-hybridized carbons (Fsp3) is 0.312. The van der Waals surface area contributed by atoms with Crippen LogP contribution >= 0.6 is 0 Å². The standard InChI is InChI=1S/C16H20N2O3/c1-11(13-4-6-17-7-5-13)18-10-12-8-14(20-2)16(19)15(9-12)21-3/h4-9,11,18-19H,10H2,1-3H3/t11-/m0/s1. The van der Waals surface area contributed by atoms with Crippen molar-refractivity contribution >= 4 is 0 Å². The second kappa shape index (κ2) is 6.95. The topological polar surface area (TPSA) is 63.6 Å². The van der Waals surface area contributed by atoms with Crippen molar-refractivity contribution in [2.45, 2.75) is 19.5 Å². The van der Waals surface area contributed by atoms with E-state index < -0.39 is 0 Å². The first-order chi connectivity index (χ1) is 10.2. The van der Waals surface area contributed by atoms with E-state index in [0.29, 0.717) is 18.0 Å². The van der Waals surface area contributed by atoms with Gasteiger partial charge in [0.2, 0.25) is 5.75 Å². The van der Waals surface area contributed by atoms with E-state index in [2.05, 4.69) is 17.2 Å². The molecule has 0 amide bonds. The lowest BCUT2D eigenvalue weighted by Gasteiger charge is -2.16. The summed E-state index contributed by atoms with van der Waals surface area (Å²) < 4.78 is 10.3. The molecule has 0 bridgehead atoms. The summed E-state index contributed by atoms with van der Waals surface area (Å²) >= 11 is 0. The van der Waals surface area contributed by atoms with Crippen molar-refractivity contribution in [1.82, 2.24) is 10.3 Å². The second-order valence-corrected chi connectivity index (χ2v) is 4.73. The highest BCUT2D eigenvalue weighted by Gasteiger charge is 2.12. The van der Waals surface area contributed by atoms with Crippen LogP contribution in [0, 0.1) is 0 Å². The van der Waals surface area contributed by atoms with Crippen molar-refractivity contribution < 1.29 is 14.6 Å². The quantitative estimate of drug-likeness (QED) is 0.855. The molecule has 0 aliphatic carbocycles. The Labute approximate surface area is 124 Å². The summed E-state index contributed by atoms with van der Waals surface area (Å²) in [4.78, 5) is 4.01. The molecule has 0 saturated carbocycles. The van der Waals surface area contributed by atoms with Crippen molar-refractivity contribution in [3.63, 3.8) is 0 Å². The maximum absolute atomic E-state index is 9.89. The number of ether oxygens (including phenoxy) is 2. The van der Waals surface area contributed by atoms with Crippen molar-refractivity contribution in [2.75, 3.05) is 14.2 Å². The van der Waals surface area contributed by atoms with Gasteiger partial charge in [-0.3, -0.25) is 4.98 Å². The number of hydrogen-bond donors (Lipinski definition) is 2. The van der Waals surface area contributed by atoms with Gasteiger partial charge in [0.1, 0.15) is 0 Å². The minimum absolute atomic E-state index is 0.0194. The van der Waals surface area contributed by atoms with E-state index in [4.69, 9.17) is 9.47 Å². The smallest absolute Gasteiger partial charge is 0.200 e. The monoisotopic (exact) mass is 288 g/mol. The van der Waals surface area contributed by atoms with Crippen LogP contribution in [0.25, 0.3) is 0 Å². The van der Waals surface area contributed by atoms with Crippen LogP contribution in [0.5, 0.6) is 17.2 Å². The lowest BCUT2D eigenvalue weighted by atomic mass is 10.1. The molecule has 1 aromatic carbocycles. The molecule has 1 heterocycles. The Bertz CT molecular complexity index is 562. The van der Waals surface area contributed by atoms with Crippen LogP contribution in [-0.4, -0.2) is 24.3 Å². The fourth-order valence-corrected chi connectivity index (χ4v) is 2.09. The molecule has 0 spiro atoms. The summed E-state index contributed by atoms with van der Waals surface area (Å²) in [6.07, 6.45) is 3.56. The van der Waals surface area contributed by atoms with Gasteiger partial charge < -0.3 is 19.9 Å². The Kier molecular flexibility index (Phi) is 5.00. The van der Waals surface area contributed by atoms with Gasteiger partial charge in [-0.15, -0.1) is 0 Å². The second-order valence-electron chi connectivity index (χ2n) is 4.73. The number of nitrogens with one attached hydrogen (secondary N) is 1. The number of benzene rings is 1. The molecule has 21 heavy (non-hydrogen) atoms. The van der Waals surface area contributed by atoms with Crippen LogP contribution in [-0.2, 0) is 6.54 Å². The minimum atomic E-state index is 0.0194. The molecular formula is C16H20N2O3. The number of aromatic nitrogens is 1. The Morgan fingerprint density at radius 2 is 1.71 bits per heavy atom. The van der Waals surface area contributed by atoms with E-state index in [1.165, 1.54) is 19.8 Å². The first-order valence-corrected chi connectivity index (χ1v) is 6.73. The largest absolute Gasteiger partial charge is 0.502 e. The molecule has 0 radical (unpaired) electrons. The predicted octanol–water partition coefficient (Wildman–Crippen LogP) is 2.66. The van der Waals surface area contributed by atoms with E-state index in [-0.39, 0.29) is 11.8 Å². The number of hydrogen-bond acceptors (Lipinski definition) is 5. The Morgan fingerprint density at radius 1 is 1.14 bits per heavy atom. The van der Waals surface area contributed by atoms with Gasteiger partial charge in [-0.1, -0.05) is 0 Å². The van der Waals surface area contributed by atoms with Crippen LogP contribution in [0.1, 0.15) is 24.1 Å². The number of methoxy groups -OCH3 is 2. The van der Waals surface area contributed by atoms with Crippen LogP contribution in [0.4, 0.5) is 0 Å². The summed E-state index contributed by atoms with van der Waals surface area (Å²) in [5, 5.41) is 13.3. The average molecular weight is 288 g/mol. The zero-order chi connectivity index (χ0) is 15.2. The van der Waals surface area contributed by atoms with Crippen LogP contribution in [0.2, 0.25) is 0 Å². The van der Waals surface area contributed by atoms with Gasteiger partial charge in [0.05, 0.1) is 14.2 Å². The van der Waals surface area contributed by atoms with Gasteiger partial charge in [-0.25, -0.2) is 0 Å². The van der Waals surface area contributed by atoms with Crippen molar-refractivity contribution in [1.29, 1.82) is 0 Å². The highest BCUT2D eigenvalue weighted by atomic mass is 16.5. The number of rotatable bonds is 6. The van der Waals surface area contributed by atoms with Crippen LogP contribution in [0.3, 0.4) is 0 Å². The Hall–Kier alpha value is -2.27. The van der Waals surface area contributed by atoms with Gasteiger partial charge in [0, 0.05) is 25.0 Å².